The third kappa shape index (κ3) is 2.45. The fourth-order valence-electron chi connectivity index (χ4n) is 2.69. The van der Waals surface area contributed by atoms with Crippen molar-refractivity contribution in [1.82, 2.24) is 4.57 Å². The number of aliphatic hydroxyl groups is 1. The molecule has 5 heteroatoms. The van der Waals surface area contributed by atoms with Crippen molar-refractivity contribution in [3.05, 3.63) is 34.5 Å². The highest BCUT2D eigenvalue weighted by Crippen LogP contribution is 2.31. The molecule has 0 fully saturated rings. The number of hydrogen-bond acceptors (Lipinski definition) is 3. The van der Waals surface area contributed by atoms with E-state index in [-0.39, 0.29) is 24.6 Å². The normalized spacial score (nSPS) is 11.3. The number of aromatic nitrogens is 1. The summed E-state index contributed by atoms with van der Waals surface area (Å²) in [6.45, 7) is 5.86. The number of rotatable bonds is 5. The number of carboxylic acids is 1. The van der Waals surface area contributed by atoms with Gasteiger partial charge in [-0.2, -0.15) is 0 Å². The average molecular weight is 289 g/mol. The molecule has 0 saturated heterocycles. The first-order valence-electron chi connectivity index (χ1n) is 6.88. The summed E-state index contributed by atoms with van der Waals surface area (Å²) in [5.41, 5.74) is 2.71. The fraction of sp³-hybridized carbons (Fsp3) is 0.375. The molecule has 1 heterocycles. The van der Waals surface area contributed by atoms with Gasteiger partial charge in [-0.25, -0.2) is 4.79 Å². The number of carbonyl (C=O) groups is 2. The van der Waals surface area contributed by atoms with E-state index in [0.717, 1.165) is 11.8 Å². The zero-order valence-electron chi connectivity index (χ0n) is 12.4. The van der Waals surface area contributed by atoms with Crippen molar-refractivity contribution in [1.29, 1.82) is 0 Å². The lowest BCUT2D eigenvalue weighted by Gasteiger charge is -2.11. The summed E-state index contributed by atoms with van der Waals surface area (Å²) in [6, 6.07) is 3.52. The van der Waals surface area contributed by atoms with Gasteiger partial charge in [-0.15, -0.1) is 0 Å². The van der Waals surface area contributed by atoms with Crippen LogP contribution in [0.1, 0.15) is 51.7 Å². The Hall–Kier alpha value is -2.14. The second-order valence-electron chi connectivity index (χ2n) is 5.42. The van der Waals surface area contributed by atoms with E-state index in [1.807, 2.05) is 19.9 Å². The molecule has 2 aromatic rings. The Morgan fingerprint density at radius 3 is 2.52 bits per heavy atom. The van der Waals surface area contributed by atoms with Crippen LogP contribution in [0, 0.1) is 6.92 Å². The van der Waals surface area contributed by atoms with Gasteiger partial charge in [0.2, 0.25) is 0 Å². The number of nitrogens with zero attached hydrogens (tertiary/aromatic N) is 1. The Bertz CT molecular complexity index is 713. The van der Waals surface area contributed by atoms with Crippen molar-refractivity contribution in [2.75, 3.05) is 6.61 Å². The first-order valence-corrected chi connectivity index (χ1v) is 6.88. The molecule has 1 aromatic carbocycles. The van der Waals surface area contributed by atoms with Crippen LogP contribution < -0.4 is 0 Å². The van der Waals surface area contributed by atoms with Crippen LogP contribution in [0.2, 0.25) is 0 Å². The highest BCUT2D eigenvalue weighted by molar-refractivity contribution is 6.08. The molecule has 21 heavy (non-hydrogen) atoms. The zero-order valence-corrected chi connectivity index (χ0v) is 12.4. The monoisotopic (exact) mass is 289 g/mol. The quantitative estimate of drug-likeness (QED) is 0.829. The van der Waals surface area contributed by atoms with Crippen molar-refractivity contribution in [3.63, 3.8) is 0 Å². The molecular formula is C16H19NO4. The summed E-state index contributed by atoms with van der Waals surface area (Å²) >= 11 is 0. The van der Waals surface area contributed by atoms with E-state index < -0.39 is 5.97 Å². The molecule has 0 atom stereocenters. The number of carboxylic acid groups (broad SMARTS) is 1. The largest absolute Gasteiger partial charge is 0.478 e. The number of benzene rings is 1. The molecule has 2 N–H and O–H groups in total. The molecule has 0 aliphatic carbocycles. The summed E-state index contributed by atoms with van der Waals surface area (Å²) in [4.78, 5) is 23.0. The lowest BCUT2D eigenvalue weighted by Crippen LogP contribution is -2.08. The van der Waals surface area contributed by atoms with Gasteiger partial charge in [0.1, 0.15) is 0 Å². The van der Waals surface area contributed by atoms with Gasteiger partial charge >= 0.3 is 5.97 Å². The van der Waals surface area contributed by atoms with Crippen LogP contribution >= 0.6 is 0 Å². The van der Waals surface area contributed by atoms with E-state index in [1.165, 1.54) is 0 Å². The maximum atomic E-state index is 11.6. The van der Waals surface area contributed by atoms with E-state index >= 15 is 0 Å². The van der Waals surface area contributed by atoms with Crippen LogP contribution in [0.3, 0.4) is 0 Å². The van der Waals surface area contributed by atoms with Gasteiger partial charge in [0, 0.05) is 23.2 Å². The number of aldehydes is 1. The molecule has 0 saturated carbocycles. The predicted molar refractivity (Wildman–Crippen MR) is 80.2 cm³/mol. The number of fused-ring (bicyclic) bond motifs is 1. The van der Waals surface area contributed by atoms with Gasteiger partial charge < -0.3 is 14.8 Å². The van der Waals surface area contributed by atoms with Gasteiger partial charge in [-0.1, -0.05) is 13.8 Å². The molecule has 112 valence electrons. The second kappa shape index (κ2) is 5.69. The smallest absolute Gasteiger partial charge is 0.337 e. The Labute approximate surface area is 122 Å². The minimum atomic E-state index is -1.03. The van der Waals surface area contributed by atoms with Crippen molar-refractivity contribution in [2.45, 2.75) is 33.2 Å². The van der Waals surface area contributed by atoms with E-state index in [9.17, 15) is 19.8 Å². The highest BCUT2D eigenvalue weighted by Gasteiger charge is 2.21. The zero-order chi connectivity index (χ0) is 15.7. The standard InChI is InChI=1S/C16H19NO4/c1-9(2)11-6-12-14(8-19)10(3)17(4-5-18)15(12)13(7-11)16(20)21/h6-9,18H,4-5H2,1-3H3,(H,20,21). The van der Waals surface area contributed by atoms with Crippen molar-refractivity contribution in [3.8, 4) is 0 Å². The van der Waals surface area contributed by atoms with Crippen LogP contribution in [-0.4, -0.2) is 33.6 Å². The number of hydrogen-bond donors (Lipinski definition) is 2. The van der Waals surface area contributed by atoms with Crippen molar-refractivity contribution < 1.29 is 19.8 Å². The Morgan fingerprint density at radius 1 is 1.38 bits per heavy atom. The third-order valence-electron chi connectivity index (χ3n) is 3.83. The maximum Gasteiger partial charge on any atom is 0.337 e. The molecule has 0 aliphatic rings. The molecule has 0 spiro atoms. The molecule has 1 aromatic heterocycles. The molecule has 0 amide bonds. The first-order chi connectivity index (χ1) is 9.92. The number of aliphatic hydroxyl groups excluding tert-OH is 1. The SMILES string of the molecule is Cc1c(C=O)c2cc(C(C)C)cc(C(=O)O)c2n1CCO. The Kier molecular flexibility index (Phi) is 4.14. The highest BCUT2D eigenvalue weighted by atomic mass is 16.4. The molecule has 5 nitrogen and oxygen atoms in total. The van der Waals surface area contributed by atoms with Crippen molar-refractivity contribution >= 4 is 23.2 Å². The number of aromatic carboxylic acids is 1. The van der Waals surface area contributed by atoms with E-state index in [1.54, 1.807) is 17.6 Å². The average Bonchev–Trinajstić information content (AvgIpc) is 2.70. The van der Waals surface area contributed by atoms with Gasteiger partial charge in [-0.3, -0.25) is 4.79 Å². The van der Waals surface area contributed by atoms with Gasteiger partial charge in [0.05, 0.1) is 17.7 Å². The lowest BCUT2D eigenvalue weighted by atomic mass is 9.97. The van der Waals surface area contributed by atoms with E-state index in [0.29, 0.717) is 22.2 Å². The van der Waals surface area contributed by atoms with Crippen LogP contribution in [-0.2, 0) is 6.54 Å². The Morgan fingerprint density at radius 2 is 2.05 bits per heavy atom. The van der Waals surface area contributed by atoms with E-state index in [2.05, 4.69) is 0 Å². The number of carbonyl (C=O) groups excluding carboxylic acids is 1. The van der Waals surface area contributed by atoms with Crippen LogP contribution in [0.5, 0.6) is 0 Å². The van der Waals surface area contributed by atoms with Gasteiger partial charge in [0.25, 0.3) is 0 Å². The lowest BCUT2D eigenvalue weighted by molar-refractivity contribution is 0.0698. The molecule has 0 unspecified atom stereocenters. The minimum absolute atomic E-state index is 0.117. The first kappa shape index (κ1) is 15.3. The third-order valence-corrected chi connectivity index (χ3v) is 3.83. The summed E-state index contributed by atoms with van der Waals surface area (Å²) in [7, 11) is 0. The molecule has 0 aliphatic heterocycles. The van der Waals surface area contributed by atoms with Gasteiger partial charge in [-0.05, 0) is 30.5 Å². The van der Waals surface area contributed by atoms with Crippen LogP contribution in [0.25, 0.3) is 10.9 Å². The molecule has 0 radical (unpaired) electrons. The van der Waals surface area contributed by atoms with Crippen LogP contribution in [0.15, 0.2) is 12.1 Å². The van der Waals surface area contributed by atoms with E-state index in [4.69, 9.17) is 0 Å². The summed E-state index contributed by atoms with van der Waals surface area (Å²) in [5.74, 6) is -0.870. The molecule has 0 bridgehead atoms. The Balaban J connectivity index is 2.96. The second-order valence-corrected chi connectivity index (χ2v) is 5.42. The molecular weight excluding hydrogens is 270 g/mol. The van der Waals surface area contributed by atoms with Crippen molar-refractivity contribution in [2.24, 2.45) is 0 Å². The maximum absolute atomic E-state index is 11.6. The topological polar surface area (TPSA) is 79.5 Å². The predicted octanol–water partition coefficient (Wildman–Crippen LogP) is 2.58. The van der Waals surface area contributed by atoms with Crippen LogP contribution in [0.4, 0.5) is 0 Å². The summed E-state index contributed by atoms with van der Waals surface area (Å²) < 4.78 is 1.70. The fourth-order valence-corrected chi connectivity index (χ4v) is 2.69. The van der Waals surface area contributed by atoms with Gasteiger partial charge in [0.15, 0.2) is 6.29 Å². The summed E-state index contributed by atoms with van der Waals surface area (Å²) in [5, 5.41) is 19.3. The minimum Gasteiger partial charge on any atom is -0.478 e. The molecule has 2 rings (SSSR count). The summed E-state index contributed by atoms with van der Waals surface area (Å²) in [6.07, 6.45) is 0.751.